The average Bonchev–Trinajstić information content (AvgIpc) is 2.67. The maximum Gasteiger partial charge on any atom is 0.222 e. The first-order valence-electron chi connectivity index (χ1n) is 4.72. The van der Waals surface area contributed by atoms with Crippen molar-refractivity contribution in [2.75, 3.05) is 0 Å². The molecule has 0 radical (unpaired) electrons. The van der Waals surface area contributed by atoms with Crippen LogP contribution in [-0.2, 0) is 7.05 Å². The number of nitrogens with zero attached hydrogens (tertiary/aromatic N) is 4. The molecule has 0 N–H and O–H groups in total. The van der Waals surface area contributed by atoms with Crippen LogP contribution < -0.4 is 0 Å². The fourth-order valence-electron chi connectivity index (χ4n) is 1.08. The highest BCUT2D eigenvalue weighted by atomic mass is 35.5. The molecule has 2 aromatic heterocycles. The van der Waals surface area contributed by atoms with Crippen molar-refractivity contribution in [3.63, 3.8) is 0 Å². The lowest BCUT2D eigenvalue weighted by Crippen LogP contribution is -1.92. The monoisotopic (exact) mass is 224 g/mol. The average molecular weight is 225 g/mol. The Bertz CT molecular complexity index is 425. The van der Waals surface area contributed by atoms with Gasteiger partial charge >= 0.3 is 0 Å². The molecule has 2 heterocycles. The van der Waals surface area contributed by atoms with Crippen LogP contribution in [0, 0.1) is 0 Å². The highest BCUT2D eigenvalue weighted by molar-refractivity contribution is 6.28. The summed E-state index contributed by atoms with van der Waals surface area (Å²) in [6.45, 7) is 4.00. The smallest absolute Gasteiger partial charge is 0.222 e. The topological polar surface area (TPSA) is 43.6 Å². The van der Waals surface area contributed by atoms with Crippen LogP contribution in [0.3, 0.4) is 0 Å². The van der Waals surface area contributed by atoms with Crippen molar-refractivity contribution in [2.24, 2.45) is 7.05 Å². The van der Waals surface area contributed by atoms with E-state index in [9.17, 15) is 0 Å². The van der Waals surface area contributed by atoms with Crippen LogP contribution in [0.15, 0.2) is 24.8 Å². The molecule has 0 saturated heterocycles. The van der Waals surface area contributed by atoms with Crippen molar-refractivity contribution in [3.05, 3.63) is 30.1 Å². The second-order valence-corrected chi connectivity index (χ2v) is 2.94. The van der Waals surface area contributed by atoms with Gasteiger partial charge in [-0.15, -0.1) is 0 Å². The van der Waals surface area contributed by atoms with Crippen LogP contribution in [-0.4, -0.2) is 19.5 Å². The van der Waals surface area contributed by atoms with Crippen LogP contribution in [0.4, 0.5) is 0 Å². The highest BCUT2D eigenvalue weighted by Crippen LogP contribution is 2.15. The lowest BCUT2D eigenvalue weighted by molar-refractivity contribution is 0.914. The molecule has 0 atom stereocenters. The standard InChI is InChI=1S/C8H7ClN4.C2H6/c1-13-5-10-4-7(13)6-2-3-11-8(9)12-6;1-2/h2-5H,1H3;1-2H3. The fourth-order valence-corrected chi connectivity index (χ4v) is 1.23. The minimum atomic E-state index is 0.249. The molecule has 0 aliphatic carbocycles. The van der Waals surface area contributed by atoms with Crippen molar-refractivity contribution in [1.82, 2.24) is 19.5 Å². The maximum atomic E-state index is 5.66. The molecular formula is C10H13ClN4. The molecule has 0 fully saturated rings. The van der Waals surface area contributed by atoms with Crippen molar-refractivity contribution in [1.29, 1.82) is 0 Å². The summed E-state index contributed by atoms with van der Waals surface area (Å²) in [7, 11) is 1.90. The van der Waals surface area contributed by atoms with Crippen LogP contribution >= 0.6 is 11.6 Å². The van der Waals surface area contributed by atoms with Crippen molar-refractivity contribution in [2.45, 2.75) is 13.8 Å². The Morgan fingerprint density at radius 2 is 2.07 bits per heavy atom. The maximum absolute atomic E-state index is 5.66. The molecule has 0 aliphatic rings. The van der Waals surface area contributed by atoms with Gasteiger partial charge in [-0.25, -0.2) is 15.0 Å². The predicted octanol–water partition coefficient (Wildman–Crippen LogP) is 2.56. The van der Waals surface area contributed by atoms with Gasteiger partial charge in [0.2, 0.25) is 5.28 Å². The minimum Gasteiger partial charge on any atom is -0.332 e. The summed E-state index contributed by atoms with van der Waals surface area (Å²) in [6.07, 6.45) is 5.07. The first-order valence-corrected chi connectivity index (χ1v) is 5.10. The van der Waals surface area contributed by atoms with Gasteiger partial charge in [-0.2, -0.15) is 0 Å². The van der Waals surface area contributed by atoms with E-state index in [2.05, 4.69) is 15.0 Å². The zero-order chi connectivity index (χ0) is 11.3. The van der Waals surface area contributed by atoms with Crippen molar-refractivity contribution >= 4 is 11.6 Å². The molecule has 5 heteroatoms. The van der Waals surface area contributed by atoms with E-state index >= 15 is 0 Å². The van der Waals surface area contributed by atoms with Crippen molar-refractivity contribution in [3.8, 4) is 11.4 Å². The van der Waals surface area contributed by atoms with E-state index in [1.807, 2.05) is 25.5 Å². The Morgan fingerprint density at radius 3 is 2.60 bits per heavy atom. The summed E-state index contributed by atoms with van der Waals surface area (Å²) < 4.78 is 1.87. The summed E-state index contributed by atoms with van der Waals surface area (Å²) in [5, 5.41) is 0.249. The SMILES string of the molecule is CC.Cn1cncc1-c1ccnc(Cl)n1. The third-order valence-corrected chi connectivity index (χ3v) is 1.89. The second-order valence-electron chi connectivity index (χ2n) is 2.60. The normalized spacial score (nSPS) is 9.33. The summed E-state index contributed by atoms with van der Waals surface area (Å²) in [5.41, 5.74) is 1.70. The molecule has 15 heavy (non-hydrogen) atoms. The number of aromatic nitrogens is 4. The van der Waals surface area contributed by atoms with Crippen LogP contribution in [0.1, 0.15) is 13.8 Å². The molecule has 0 amide bonds. The molecule has 80 valence electrons. The van der Waals surface area contributed by atoms with E-state index in [1.165, 1.54) is 0 Å². The summed E-state index contributed by atoms with van der Waals surface area (Å²) in [5.74, 6) is 0. The molecular weight excluding hydrogens is 212 g/mol. The minimum absolute atomic E-state index is 0.249. The lowest BCUT2D eigenvalue weighted by atomic mass is 10.3. The van der Waals surface area contributed by atoms with Crippen LogP contribution in [0.2, 0.25) is 5.28 Å². The number of aryl methyl sites for hydroxylation is 1. The Kier molecular flexibility index (Phi) is 4.24. The first kappa shape index (κ1) is 11.7. The molecule has 0 aromatic carbocycles. The molecule has 0 unspecified atom stereocenters. The third-order valence-electron chi connectivity index (χ3n) is 1.71. The molecule has 4 nitrogen and oxygen atoms in total. The second kappa shape index (κ2) is 5.46. The number of rotatable bonds is 1. The molecule has 2 aromatic rings. The van der Waals surface area contributed by atoms with E-state index in [0.29, 0.717) is 0 Å². The molecule has 0 spiro atoms. The fraction of sp³-hybridized carbons (Fsp3) is 0.300. The predicted molar refractivity (Wildman–Crippen MR) is 60.6 cm³/mol. The summed E-state index contributed by atoms with van der Waals surface area (Å²) in [6, 6.07) is 1.79. The van der Waals surface area contributed by atoms with Gasteiger partial charge in [-0.1, -0.05) is 13.8 Å². The molecule has 0 aliphatic heterocycles. The summed E-state index contributed by atoms with van der Waals surface area (Å²) in [4.78, 5) is 11.9. The zero-order valence-corrected chi connectivity index (χ0v) is 9.73. The highest BCUT2D eigenvalue weighted by Gasteiger charge is 2.03. The lowest BCUT2D eigenvalue weighted by Gasteiger charge is -1.99. The van der Waals surface area contributed by atoms with E-state index in [0.717, 1.165) is 11.4 Å². The number of hydrogen-bond donors (Lipinski definition) is 0. The van der Waals surface area contributed by atoms with Crippen molar-refractivity contribution < 1.29 is 0 Å². The van der Waals surface area contributed by atoms with Crippen LogP contribution in [0.5, 0.6) is 0 Å². The van der Waals surface area contributed by atoms with E-state index in [4.69, 9.17) is 11.6 Å². The Morgan fingerprint density at radius 1 is 1.33 bits per heavy atom. The van der Waals surface area contributed by atoms with Gasteiger partial charge in [-0.05, 0) is 17.7 Å². The number of hydrogen-bond acceptors (Lipinski definition) is 3. The Hall–Kier alpha value is -1.42. The molecule has 0 saturated carbocycles. The third kappa shape index (κ3) is 2.76. The Balaban J connectivity index is 0.000000531. The van der Waals surface area contributed by atoms with Gasteiger partial charge in [0.1, 0.15) is 0 Å². The van der Waals surface area contributed by atoms with Gasteiger partial charge in [0.25, 0.3) is 0 Å². The van der Waals surface area contributed by atoms with Gasteiger partial charge in [0.15, 0.2) is 0 Å². The quantitative estimate of drug-likeness (QED) is 0.700. The number of imidazole rings is 1. The number of halogens is 1. The molecule has 0 bridgehead atoms. The van der Waals surface area contributed by atoms with E-state index in [-0.39, 0.29) is 5.28 Å². The van der Waals surface area contributed by atoms with Crippen LogP contribution in [0.25, 0.3) is 11.4 Å². The zero-order valence-electron chi connectivity index (χ0n) is 8.98. The van der Waals surface area contributed by atoms with E-state index in [1.54, 1.807) is 24.8 Å². The summed E-state index contributed by atoms with van der Waals surface area (Å²) >= 11 is 5.66. The Labute approximate surface area is 94.0 Å². The first-order chi connectivity index (χ1) is 7.27. The largest absolute Gasteiger partial charge is 0.332 e. The van der Waals surface area contributed by atoms with Gasteiger partial charge in [0.05, 0.1) is 23.9 Å². The van der Waals surface area contributed by atoms with E-state index < -0.39 is 0 Å². The van der Waals surface area contributed by atoms with Gasteiger partial charge in [0, 0.05) is 13.2 Å². The van der Waals surface area contributed by atoms with Gasteiger partial charge in [-0.3, -0.25) is 0 Å². The van der Waals surface area contributed by atoms with Gasteiger partial charge < -0.3 is 4.57 Å². The molecule has 2 rings (SSSR count).